The van der Waals surface area contributed by atoms with Gasteiger partial charge >= 0.3 is 0 Å². The number of nitrogens with one attached hydrogen (secondary N) is 2. The third-order valence-corrected chi connectivity index (χ3v) is 4.75. The second kappa shape index (κ2) is 6.92. The number of hydrogen-bond donors (Lipinski definition) is 2. The van der Waals surface area contributed by atoms with Crippen molar-refractivity contribution in [3.8, 4) is 11.3 Å². The van der Waals surface area contributed by atoms with Crippen LogP contribution in [0.1, 0.15) is 38.2 Å². The van der Waals surface area contributed by atoms with Gasteiger partial charge in [0.15, 0.2) is 5.13 Å². The molecule has 0 radical (unpaired) electrons. The lowest BCUT2D eigenvalue weighted by molar-refractivity contribution is -0.119. The SMILES string of the molecule is CC(=O)NCc1ccc(-c2csc(NC3CCCC3)n2)cc1. The maximum atomic E-state index is 10.9. The Hall–Kier alpha value is -1.88. The molecule has 22 heavy (non-hydrogen) atoms. The third kappa shape index (κ3) is 3.85. The van der Waals surface area contributed by atoms with E-state index in [9.17, 15) is 4.79 Å². The monoisotopic (exact) mass is 315 g/mol. The first-order valence-electron chi connectivity index (χ1n) is 7.76. The number of rotatable bonds is 5. The van der Waals surface area contributed by atoms with Gasteiger partial charge in [-0.3, -0.25) is 4.79 Å². The number of hydrogen-bond acceptors (Lipinski definition) is 4. The molecule has 5 heteroatoms. The Balaban J connectivity index is 1.63. The Morgan fingerprint density at radius 1 is 1.27 bits per heavy atom. The molecular weight excluding hydrogens is 294 g/mol. The predicted molar refractivity (Wildman–Crippen MR) is 90.9 cm³/mol. The largest absolute Gasteiger partial charge is 0.359 e. The lowest BCUT2D eigenvalue weighted by Gasteiger charge is -2.09. The first kappa shape index (κ1) is 15.0. The molecule has 2 aromatic rings. The zero-order chi connectivity index (χ0) is 15.4. The Labute approximate surface area is 135 Å². The van der Waals surface area contributed by atoms with Gasteiger partial charge < -0.3 is 10.6 Å². The summed E-state index contributed by atoms with van der Waals surface area (Å²) in [4.78, 5) is 15.6. The number of carbonyl (C=O) groups is 1. The van der Waals surface area contributed by atoms with Crippen molar-refractivity contribution in [1.82, 2.24) is 10.3 Å². The highest BCUT2D eigenvalue weighted by molar-refractivity contribution is 7.14. The van der Waals surface area contributed by atoms with E-state index in [1.165, 1.54) is 32.6 Å². The van der Waals surface area contributed by atoms with Crippen molar-refractivity contribution in [2.24, 2.45) is 0 Å². The molecule has 1 amide bonds. The van der Waals surface area contributed by atoms with E-state index >= 15 is 0 Å². The van der Waals surface area contributed by atoms with Gasteiger partial charge in [-0.25, -0.2) is 4.98 Å². The fourth-order valence-electron chi connectivity index (χ4n) is 2.74. The normalized spacial score (nSPS) is 15.0. The molecule has 1 aliphatic carbocycles. The molecule has 0 bridgehead atoms. The fourth-order valence-corrected chi connectivity index (χ4v) is 3.54. The van der Waals surface area contributed by atoms with Crippen molar-refractivity contribution in [3.63, 3.8) is 0 Å². The smallest absolute Gasteiger partial charge is 0.217 e. The zero-order valence-electron chi connectivity index (χ0n) is 12.8. The van der Waals surface area contributed by atoms with Gasteiger partial charge in [-0.1, -0.05) is 37.1 Å². The summed E-state index contributed by atoms with van der Waals surface area (Å²) in [5.74, 6) is -0.00814. The van der Waals surface area contributed by atoms with Crippen LogP contribution in [0, 0.1) is 0 Å². The van der Waals surface area contributed by atoms with E-state index in [1.807, 2.05) is 12.1 Å². The van der Waals surface area contributed by atoms with Crippen LogP contribution < -0.4 is 10.6 Å². The van der Waals surface area contributed by atoms with E-state index in [2.05, 4.69) is 33.1 Å². The zero-order valence-corrected chi connectivity index (χ0v) is 13.6. The summed E-state index contributed by atoms with van der Waals surface area (Å²) in [6.07, 6.45) is 5.16. The van der Waals surface area contributed by atoms with Gasteiger partial charge in [0, 0.05) is 30.5 Å². The highest BCUT2D eigenvalue weighted by atomic mass is 32.1. The summed E-state index contributed by atoms with van der Waals surface area (Å²) in [7, 11) is 0. The van der Waals surface area contributed by atoms with E-state index in [1.54, 1.807) is 11.3 Å². The highest BCUT2D eigenvalue weighted by Crippen LogP contribution is 2.28. The lowest BCUT2D eigenvalue weighted by atomic mass is 10.1. The van der Waals surface area contributed by atoms with Gasteiger partial charge in [0.2, 0.25) is 5.91 Å². The van der Waals surface area contributed by atoms with E-state index in [0.29, 0.717) is 12.6 Å². The second-order valence-electron chi connectivity index (χ2n) is 5.77. The van der Waals surface area contributed by atoms with Crippen LogP contribution in [0.3, 0.4) is 0 Å². The molecular formula is C17H21N3OS. The van der Waals surface area contributed by atoms with Gasteiger partial charge in [0.1, 0.15) is 0 Å². The molecule has 1 heterocycles. The van der Waals surface area contributed by atoms with Crippen molar-refractivity contribution in [2.75, 3.05) is 5.32 Å². The standard InChI is InChI=1S/C17H21N3OS/c1-12(21)18-10-13-6-8-14(9-7-13)16-11-22-17(20-16)19-15-4-2-3-5-15/h6-9,11,15H,2-5,10H2,1H3,(H,18,21)(H,19,20). The summed E-state index contributed by atoms with van der Waals surface area (Å²) < 4.78 is 0. The molecule has 4 nitrogen and oxygen atoms in total. The van der Waals surface area contributed by atoms with Crippen molar-refractivity contribution in [1.29, 1.82) is 0 Å². The average Bonchev–Trinajstić information content (AvgIpc) is 3.18. The number of benzene rings is 1. The molecule has 1 aromatic heterocycles. The quantitative estimate of drug-likeness (QED) is 0.882. The maximum Gasteiger partial charge on any atom is 0.217 e. The summed E-state index contributed by atoms with van der Waals surface area (Å²) in [5.41, 5.74) is 3.22. The van der Waals surface area contributed by atoms with Crippen molar-refractivity contribution in [2.45, 2.75) is 45.2 Å². The van der Waals surface area contributed by atoms with Gasteiger partial charge in [0.25, 0.3) is 0 Å². The third-order valence-electron chi connectivity index (χ3n) is 3.98. The summed E-state index contributed by atoms with van der Waals surface area (Å²) in [5, 5.41) is 9.45. The molecule has 1 aliphatic rings. The van der Waals surface area contributed by atoms with Gasteiger partial charge in [-0.2, -0.15) is 0 Å². The van der Waals surface area contributed by atoms with Crippen molar-refractivity contribution in [3.05, 3.63) is 35.2 Å². The van der Waals surface area contributed by atoms with Crippen molar-refractivity contribution < 1.29 is 4.79 Å². The van der Waals surface area contributed by atoms with Gasteiger partial charge in [-0.15, -0.1) is 11.3 Å². The van der Waals surface area contributed by atoms with Gasteiger partial charge in [0.05, 0.1) is 5.69 Å². The molecule has 0 aliphatic heterocycles. The number of thiazole rings is 1. The minimum atomic E-state index is -0.00814. The summed E-state index contributed by atoms with van der Waals surface area (Å²) in [6.45, 7) is 2.10. The Morgan fingerprint density at radius 2 is 2.00 bits per heavy atom. The van der Waals surface area contributed by atoms with Crippen LogP contribution in [-0.2, 0) is 11.3 Å². The number of aromatic nitrogens is 1. The van der Waals surface area contributed by atoms with Crippen LogP contribution in [0.4, 0.5) is 5.13 Å². The Morgan fingerprint density at radius 3 is 2.68 bits per heavy atom. The number of carbonyl (C=O) groups excluding carboxylic acids is 1. The topological polar surface area (TPSA) is 54.0 Å². The van der Waals surface area contributed by atoms with Crippen LogP contribution in [-0.4, -0.2) is 16.9 Å². The Bertz CT molecular complexity index is 630. The second-order valence-corrected chi connectivity index (χ2v) is 6.63. The molecule has 1 saturated carbocycles. The van der Waals surface area contributed by atoms with E-state index in [4.69, 9.17) is 0 Å². The average molecular weight is 315 g/mol. The van der Waals surface area contributed by atoms with Gasteiger partial charge in [-0.05, 0) is 18.4 Å². The first-order valence-corrected chi connectivity index (χ1v) is 8.64. The molecule has 1 fully saturated rings. The molecule has 0 atom stereocenters. The van der Waals surface area contributed by atoms with Crippen LogP contribution in [0.15, 0.2) is 29.6 Å². The van der Waals surface area contributed by atoms with Crippen LogP contribution >= 0.6 is 11.3 Å². The minimum absolute atomic E-state index is 0.00814. The highest BCUT2D eigenvalue weighted by Gasteiger charge is 2.16. The molecule has 116 valence electrons. The number of anilines is 1. The summed E-state index contributed by atoms with van der Waals surface area (Å²) in [6, 6.07) is 8.79. The van der Waals surface area contributed by atoms with Crippen LogP contribution in [0.2, 0.25) is 0 Å². The summed E-state index contributed by atoms with van der Waals surface area (Å²) >= 11 is 1.67. The molecule has 0 saturated heterocycles. The Kier molecular flexibility index (Phi) is 4.73. The van der Waals surface area contributed by atoms with E-state index < -0.39 is 0 Å². The first-order chi connectivity index (χ1) is 10.7. The van der Waals surface area contributed by atoms with E-state index in [0.717, 1.165) is 22.0 Å². The molecule has 3 rings (SSSR count). The fraction of sp³-hybridized carbons (Fsp3) is 0.412. The van der Waals surface area contributed by atoms with Crippen LogP contribution in [0.5, 0.6) is 0 Å². The lowest BCUT2D eigenvalue weighted by Crippen LogP contribution is -2.18. The predicted octanol–water partition coefficient (Wildman–Crippen LogP) is 3.80. The molecule has 0 spiro atoms. The van der Waals surface area contributed by atoms with Crippen LogP contribution in [0.25, 0.3) is 11.3 Å². The maximum absolute atomic E-state index is 10.9. The molecule has 1 aromatic carbocycles. The van der Waals surface area contributed by atoms with Crippen molar-refractivity contribution >= 4 is 22.4 Å². The number of amides is 1. The van der Waals surface area contributed by atoms with E-state index in [-0.39, 0.29) is 5.91 Å². The minimum Gasteiger partial charge on any atom is -0.359 e. The molecule has 2 N–H and O–H groups in total. The number of nitrogens with zero attached hydrogens (tertiary/aromatic N) is 1. The molecule has 0 unspecified atom stereocenters.